The third-order valence-electron chi connectivity index (χ3n) is 2.14. The van der Waals surface area contributed by atoms with Crippen LogP contribution in [-0.4, -0.2) is 19.1 Å². The topological polar surface area (TPSA) is 38.3 Å². The van der Waals surface area contributed by atoms with E-state index in [-0.39, 0.29) is 18.6 Å². The minimum atomic E-state index is -0.0432. The SMILES string of the molecule is O=C1CO[C@@H](c2ccc(Br)cc2)CN1. The Balaban J connectivity index is 2.08. The van der Waals surface area contributed by atoms with Crippen molar-refractivity contribution >= 4 is 21.8 Å². The van der Waals surface area contributed by atoms with E-state index < -0.39 is 0 Å². The summed E-state index contributed by atoms with van der Waals surface area (Å²) in [6, 6.07) is 7.92. The largest absolute Gasteiger partial charge is 0.362 e. The molecule has 1 heterocycles. The zero-order chi connectivity index (χ0) is 9.97. The highest BCUT2D eigenvalue weighted by Gasteiger charge is 2.19. The van der Waals surface area contributed by atoms with Gasteiger partial charge in [-0.2, -0.15) is 0 Å². The van der Waals surface area contributed by atoms with Gasteiger partial charge in [0.25, 0.3) is 0 Å². The molecule has 1 aliphatic heterocycles. The van der Waals surface area contributed by atoms with Gasteiger partial charge in [-0.25, -0.2) is 0 Å². The van der Waals surface area contributed by atoms with Crippen LogP contribution in [0.2, 0.25) is 0 Å². The molecule has 1 aromatic rings. The van der Waals surface area contributed by atoms with E-state index in [1.54, 1.807) is 0 Å². The van der Waals surface area contributed by atoms with Crippen molar-refractivity contribution in [2.24, 2.45) is 0 Å². The van der Waals surface area contributed by atoms with Gasteiger partial charge in [-0.05, 0) is 17.7 Å². The van der Waals surface area contributed by atoms with E-state index in [0.29, 0.717) is 6.54 Å². The second-order valence-electron chi connectivity index (χ2n) is 3.16. The first-order valence-corrected chi connectivity index (χ1v) is 5.19. The molecule has 1 aliphatic rings. The molecule has 0 spiro atoms. The molecule has 0 aromatic heterocycles. The summed E-state index contributed by atoms with van der Waals surface area (Å²) < 4.78 is 6.43. The fourth-order valence-electron chi connectivity index (χ4n) is 1.38. The van der Waals surface area contributed by atoms with Gasteiger partial charge in [0.2, 0.25) is 5.91 Å². The standard InChI is InChI=1S/C10H10BrNO2/c11-8-3-1-7(2-4-8)9-5-12-10(13)6-14-9/h1-4,9H,5-6H2,(H,12,13)/t9-/m1/s1. The summed E-state index contributed by atoms with van der Waals surface area (Å²) >= 11 is 3.37. The molecule has 1 saturated heterocycles. The fraction of sp³-hybridized carbons (Fsp3) is 0.300. The Morgan fingerprint density at radius 1 is 1.36 bits per heavy atom. The molecule has 0 aliphatic carbocycles. The number of carbonyl (C=O) groups is 1. The summed E-state index contributed by atoms with van der Waals surface area (Å²) in [5, 5.41) is 2.77. The first-order chi connectivity index (χ1) is 6.75. The molecule has 1 fully saturated rings. The van der Waals surface area contributed by atoms with Gasteiger partial charge >= 0.3 is 0 Å². The molecule has 4 heteroatoms. The van der Waals surface area contributed by atoms with Crippen molar-refractivity contribution in [1.29, 1.82) is 0 Å². The molecule has 0 bridgehead atoms. The lowest BCUT2D eigenvalue weighted by molar-refractivity contribution is -0.133. The smallest absolute Gasteiger partial charge is 0.246 e. The third kappa shape index (κ3) is 2.13. The molecule has 0 unspecified atom stereocenters. The number of amides is 1. The second kappa shape index (κ2) is 4.11. The Morgan fingerprint density at radius 3 is 2.64 bits per heavy atom. The van der Waals surface area contributed by atoms with Crippen molar-refractivity contribution < 1.29 is 9.53 Å². The van der Waals surface area contributed by atoms with Crippen molar-refractivity contribution in [3.05, 3.63) is 34.3 Å². The minimum absolute atomic E-state index is 0.0131. The van der Waals surface area contributed by atoms with Crippen molar-refractivity contribution in [1.82, 2.24) is 5.32 Å². The van der Waals surface area contributed by atoms with Crippen molar-refractivity contribution in [2.45, 2.75) is 6.10 Å². The van der Waals surface area contributed by atoms with Crippen LogP contribution in [0.3, 0.4) is 0 Å². The summed E-state index contributed by atoms with van der Waals surface area (Å²) in [5.41, 5.74) is 1.09. The molecule has 0 saturated carbocycles. The predicted molar refractivity (Wildman–Crippen MR) is 55.8 cm³/mol. The molecule has 74 valence electrons. The molecule has 0 radical (unpaired) electrons. The number of carbonyl (C=O) groups excluding carboxylic acids is 1. The Morgan fingerprint density at radius 2 is 2.07 bits per heavy atom. The molecule has 1 aromatic carbocycles. The van der Waals surface area contributed by atoms with Gasteiger partial charge in [-0.1, -0.05) is 28.1 Å². The number of ether oxygens (including phenoxy) is 1. The van der Waals surface area contributed by atoms with E-state index in [1.165, 1.54) is 0 Å². The maximum absolute atomic E-state index is 10.9. The van der Waals surface area contributed by atoms with Gasteiger partial charge in [0, 0.05) is 11.0 Å². The first-order valence-electron chi connectivity index (χ1n) is 4.39. The van der Waals surface area contributed by atoms with Crippen LogP contribution >= 0.6 is 15.9 Å². The van der Waals surface area contributed by atoms with Gasteiger partial charge in [-0.15, -0.1) is 0 Å². The summed E-state index contributed by atoms with van der Waals surface area (Å²) in [5.74, 6) is -0.0432. The Hall–Kier alpha value is -0.870. The van der Waals surface area contributed by atoms with Gasteiger partial charge in [0.15, 0.2) is 0 Å². The number of hydrogen-bond acceptors (Lipinski definition) is 2. The van der Waals surface area contributed by atoms with Crippen molar-refractivity contribution in [3.63, 3.8) is 0 Å². The number of benzene rings is 1. The number of nitrogens with one attached hydrogen (secondary N) is 1. The molecule has 2 rings (SSSR count). The van der Waals surface area contributed by atoms with Crippen LogP contribution in [0.5, 0.6) is 0 Å². The van der Waals surface area contributed by atoms with Crippen LogP contribution < -0.4 is 5.32 Å². The Labute approximate surface area is 90.6 Å². The van der Waals surface area contributed by atoms with E-state index in [0.717, 1.165) is 10.0 Å². The lowest BCUT2D eigenvalue weighted by Gasteiger charge is -2.23. The van der Waals surface area contributed by atoms with E-state index in [2.05, 4.69) is 21.2 Å². The van der Waals surface area contributed by atoms with Gasteiger partial charge < -0.3 is 10.1 Å². The highest BCUT2D eigenvalue weighted by molar-refractivity contribution is 9.10. The first kappa shape index (κ1) is 9.68. The normalized spacial score (nSPS) is 21.8. The highest BCUT2D eigenvalue weighted by atomic mass is 79.9. The predicted octanol–water partition coefficient (Wildman–Crippen LogP) is 1.64. The quantitative estimate of drug-likeness (QED) is 0.829. The average Bonchev–Trinajstić information content (AvgIpc) is 2.21. The number of morpholine rings is 1. The van der Waals surface area contributed by atoms with Crippen LogP contribution in [0.25, 0.3) is 0 Å². The van der Waals surface area contributed by atoms with Crippen LogP contribution in [0, 0.1) is 0 Å². The molecule has 1 amide bonds. The summed E-state index contributed by atoms with van der Waals surface area (Å²) in [6.07, 6.45) is -0.0131. The van der Waals surface area contributed by atoms with Crippen molar-refractivity contribution in [3.8, 4) is 0 Å². The van der Waals surface area contributed by atoms with E-state index in [1.807, 2.05) is 24.3 Å². The summed E-state index contributed by atoms with van der Waals surface area (Å²) in [7, 11) is 0. The molecule has 1 atom stereocenters. The third-order valence-corrected chi connectivity index (χ3v) is 2.67. The zero-order valence-electron chi connectivity index (χ0n) is 7.50. The zero-order valence-corrected chi connectivity index (χ0v) is 9.08. The number of hydrogen-bond donors (Lipinski definition) is 1. The van der Waals surface area contributed by atoms with E-state index in [4.69, 9.17) is 4.74 Å². The lowest BCUT2D eigenvalue weighted by Crippen LogP contribution is -2.38. The fourth-order valence-corrected chi connectivity index (χ4v) is 1.65. The maximum atomic E-state index is 10.9. The number of halogens is 1. The lowest BCUT2D eigenvalue weighted by atomic mass is 10.1. The molecule has 3 nitrogen and oxygen atoms in total. The minimum Gasteiger partial charge on any atom is -0.362 e. The highest BCUT2D eigenvalue weighted by Crippen LogP contribution is 2.20. The molecule has 1 N–H and O–H groups in total. The van der Waals surface area contributed by atoms with E-state index in [9.17, 15) is 4.79 Å². The van der Waals surface area contributed by atoms with Crippen LogP contribution in [0.15, 0.2) is 28.7 Å². The Bertz CT molecular complexity index is 326. The maximum Gasteiger partial charge on any atom is 0.246 e. The monoisotopic (exact) mass is 255 g/mol. The van der Waals surface area contributed by atoms with Crippen LogP contribution in [0.4, 0.5) is 0 Å². The Kier molecular flexibility index (Phi) is 2.84. The van der Waals surface area contributed by atoms with Crippen LogP contribution in [-0.2, 0) is 9.53 Å². The van der Waals surface area contributed by atoms with Gasteiger partial charge in [-0.3, -0.25) is 4.79 Å². The summed E-state index contributed by atoms with van der Waals surface area (Å²) in [4.78, 5) is 10.9. The summed E-state index contributed by atoms with van der Waals surface area (Å²) in [6.45, 7) is 0.710. The molecule has 14 heavy (non-hydrogen) atoms. The van der Waals surface area contributed by atoms with Gasteiger partial charge in [0.05, 0.1) is 0 Å². The van der Waals surface area contributed by atoms with E-state index >= 15 is 0 Å². The number of rotatable bonds is 1. The van der Waals surface area contributed by atoms with Gasteiger partial charge in [0.1, 0.15) is 12.7 Å². The van der Waals surface area contributed by atoms with Crippen molar-refractivity contribution in [2.75, 3.05) is 13.2 Å². The molecular formula is C10H10BrNO2. The average molecular weight is 256 g/mol. The second-order valence-corrected chi connectivity index (χ2v) is 4.07. The van der Waals surface area contributed by atoms with Crippen LogP contribution in [0.1, 0.15) is 11.7 Å². The molecular weight excluding hydrogens is 246 g/mol.